The predicted octanol–water partition coefficient (Wildman–Crippen LogP) is 4.14. The molecule has 0 aliphatic rings. The first-order valence-corrected chi connectivity index (χ1v) is 6.39. The van der Waals surface area contributed by atoms with Gasteiger partial charge in [-0.1, -0.05) is 66.2 Å². The molecule has 18 heavy (non-hydrogen) atoms. The Labute approximate surface area is 113 Å². The van der Waals surface area contributed by atoms with Crippen LogP contribution in [-0.4, -0.2) is 6.54 Å². The molecule has 0 bridgehead atoms. The summed E-state index contributed by atoms with van der Waals surface area (Å²) in [6.45, 7) is 1.68. The molecule has 0 radical (unpaired) electrons. The lowest BCUT2D eigenvalue weighted by Crippen LogP contribution is -2.12. The van der Waals surface area contributed by atoms with Crippen LogP contribution in [0.4, 0.5) is 0 Å². The van der Waals surface area contributed by atoms with E-state index in [2.05, 4.69) is 35.7 Å². The van der Waals surface area contributed by atoms with Crippen LogP contribution >= 0.6 is 11.6 Å². The summed E-state index contributed by atoms with van der Waals surface area (Å²) in [7, 11) is 0. The monoisotopic (exact) mass is 257 g/mol. The van der Waals surface area contributed by atoms with Gasteiger partial charge in [-0.05, 0) is 23.3 Å². The molecule has 1 N–H and O–H groups in total. The normalized spacial score (nSPS) is 10.9. The van der Waals surface area contributed by atoms with Gasteiger partial charge in [0.05, 0.1) is 0 Å². The fourth-order valence-electron chi connectivity index (χ4n) is 1.71. The standard InChI is InChI=1S/C16H16ClN/c17-16-10-4-8-15(12-16)13-18-11-5-9-14-6-2-1-3-7-14/h1-10,12,18H,11,13H2. The van der Waals surface area contributed by atoms with E-state index in [1.165, 1.54) is 11.1 Å². The minimum atomic E-state index is 0.786. The second-order valence-electron chi connectivity index (χ2n) is 4.07. The zero-order valence-corrected chi connectivity index (χ0v) is 10.9. The van der Waals surface area contributed by atoms with Crippen LogP contribution in [0.25, 0.3) is 6.08 Å². The van der Waals surface area contributed by atoms with E-state index in [0.29, 0.717) is 0 Å². The van der Waals surface area contributed by atoms with E-state index >= 15 is 0 Å². The van der Waals surface area contributed by atoms with Crippen molar-refractivity contribution in [3.05, 3.63) is 76.8 Å². The van der Waals surface area contributed by atoms with Crippen molar-refractivity contribution in [3.63, 3.8) is 0 Å². The Bertz CT molecular complexity index is 506. The summed E-state index contributed by atoms with van der Waals surface area (Å²) in [5, 5.41) is 4.14. The lowest BCUT2D eigenvalue weighted by Gasteiger charge is -2.02. The van der Waals surface area contributed by atoms with Crippen molar-refractivity contribution in [2.24, 2.45) is 0 Å². The van der Waals surface area contributed by atoms with Crippen LogP contribution < -0.4 is 5.32 Å². The Hall–Kier alpha value is -1.57. The molecule has 2 aromatic carbocycles. The molecule has 0 spiro atoms. The maximum absolute atomic E-state index is 5.92. The lowest BCUT2D eigenvalue weighted by molar-refractivity contribution is 0.761. The van der Waals surface area contributed by atoms with Gasteiger partial charge in [0.1, 0.15) is 0 Å². The van der Waals surface area contributed by atoms with E-state index in [1.807, 2.05) is 36.4 Å². The summed E-state index contributed by atoms with van der Waals surface area (Å²) in [5.74, 6) is 0. The molecule has 0 aliphatic carbocycles. The summed E-state index contributed by atoms with van der Waals surface area (Å²) in [5.41, 5.74) is 2.43. The summed E-state index contributed by atoms with van der Waals surface area (Å²) in [4.78, 5) is 0. The fraction of sp³-hybridized carbons (Fsp3) is 0.125. The zero-order chi connectivity index (χ0) is 12.6. The van der Waals surface area contributed by atoms with E-state index < -0.39 is 0 Å². The van der Waals surface area contributed by atoms with Gasteiger partial charge in [0.15, 0.2) is 0 Å². The maximum Gasteiger partial charge on any atom is 0.0409 e. The highest BCUT2D eigenvalue weighted by Crippen LogP contribution is 2.10. The molecular formula is C16H16ClN. The van der Waals surface area contributed by atoms with Gasteiger partial charge >= 0.3 is 0 Å². The van der Waals surface area contributed by atoms with Gasteiger partial charge < -0.3 is 5.32 Å². The first-order chi connectivity index (χ1) is 8.84. The van der Waals surface area contributed by atoms with Crippen LogP contribution in [0.5, 0.6) is 0 Å². The Morgan fingerprint density at radius 3 is 2.61 bits per heavy atom. The third-order valence-corrected chi connectivity index (χ3v) is 2.83. The average Bonchev–Trinajstić information content (AvgIpc) is 2.40. The molecule has 92 valence electrons. The smallest absolute Gasteiger partial charge is 0.0409 e. The minimum absolute atomic E-state index is 0.786. The highest BCUT2D eigenvalue weighted by molar-refractivity contribution is 6.30. The summed E-state index contributed by atoms with van der Waals surface area (Å²) in [6, 6.07) is 18.2. The Kier molecular flexibility index (Phi) is 5.00. The largest absolute Gasteiger partial charge is 0.309 e. The van der Waals surface area contributed by atoms with Gasteiger partial charge in [0, 0.05) is 18.1 Å². The van der Waals surface area contributed by atoms with Crippen LogP contribution in [0.3, 0.4) is 0 Å². The van der Waals surface area contributed by atoms with Gasteiger partial charge in [0.25, 0.3) is 0 Å². The number of halogens is 1. The highest BCUT2D eigenvalue weighted by Gasteiger charge is 1.92. The maximum atomic E-state index is 5.92. The highest BCUT2D eigenvalue weighted by atomic mass is 35.5. The minimum Gasteiger partial charge on any atom is -0.309 e. The molecule has 0 saturated carbocycles. The van der Waals surface area contributed by atoms with Crippen LogP contribution in [0.1, 0.15) is 11.1 Å². The first kappa shape index (κ1) is 12.9. The zero-order valence-electron chi connectivity index (χ0n) is 10.1. The van der Waals surface area contributed by atoms with Crippen molar-refractivity contribution in [2.75, 3.05) is 6.54 Å². The van der Waals surface area contributed by atoms with Crippen molar-refractivity contribution in [1.29, 1.82) is 0 Å². The quantitative estimate of drug-likeness (QED) is 0.794. The molecule has 0 heterocycles. The SMILES string of the molecule is Clc1cccc(CNCC=Cc2ccccc2)c1. The molecule has 0 atom stereocenters. The predicted molar refractivity (Wildman–Crippen MR) is 78.6 cm³/mol. The Balaban J connectivity index is 1.75. The van der Waals surface area contributed by atoms with Crippen LogP contribution in [0, 0.1) is 0 Å². The molecule has 0 unspecified atom stereocenters. The third-order valence-electron chi connectivity index (χ3n) is 2.59. The third kappa shape index (κ3) is 4.36. The van der Waals surface area contributed by atoms with Crippen molar-refractivity contribution in [1.82, 2.24) is 5.32 Å². The van der Waals surface area contributed by atoms with Crippen molar-refractivity contribution < 1.29 is 0 Å². The van der Waals surface area contributed by atoms with Gasteiger partial charge in [-0.15, -0.1) is 0 Å². The van der Waals surface area contributed by atoms with Crippen molar-refractivity contribution in [2.45, 2.75) is 6.54 Å². The molecule has 0 saturated heterocycles. The second-order valence-corrected chi connectivity index (χ2v) is 4.51. The van der Waals surface area contributed by atoms with E-state index in [1.54, 1.807) is 0 Å². The van der Waals surface area contributed by atoms with E-state index in [4.69, 9.17) is 11.6 Å². The van der Waals surface area contributed by atoms with E-state index in [0.717, 1.165) is 18.1 Å². The number of rotatable bonds is 5. The van der Waals surface area contributed by atoms with Crippen LogP contribution in [0.15, 0.2) is 60.7 Å². The number of benzene rings is 2. The molecule has 0 amide bonds. The van der Waals surface area contributed by atoms with Gasteiger partial charge in [0.2, 0.25) is 0 Å². The number of hydrogen-bond donors (Lipinski definition) is 1. The van der Waals surface area contributed by atoms with Crippen LogP contribution in [0.2, 0.25) is 5.02 Å². The number of nitrogens with one attached hydrogen (secondary N) is 1. The molecule has 2 heteroatoms. The molecule has 2 rings (SSSR count). The van der Waals surface area contributed by atoms with Crippen LogP contribution in [-0.2, 0) is 6.54 Å². The molecule has 2 aromatic rings. The van der Waals surface area contributed by atoms with Crippen molar-refractivity contribution in [3.8, 4) is 0 Å². The first-order valence-electron chi connectivity index (χ1n) is 6.01. The fourth-order valence-corrected chi connectivity index (χ4v) is 1.92. The van der Waals surface area contributed by atoms with Gasteiger partial charge in [-0.2, -0.15) is 0 Å². The molecule has 0 aromatic heterocycles. The topological polar surface area (TPSA) is 12.0 Å². The van der Waals surface area contributed by atoms with Gasteiger partial charge in [-0.25, -0.2) is 0 Å². The second kappa shape index (κ2) is 7.00. The molecule has 1 nitrogen and oxygen atoms in total. The lowest BCUT2D eigenvalue weighted by atomic mass is 10.2. The van der Waals surface area contributed by atoms with E-state index in [9.17, 15) is 0 Å². The molecular weight excluding hydrogens is 242 g/mol. The van der Waals surface area contributed by atoms with E-state index in [-0.39, 0.29) is 0 Å². The molecule has 0 aliphatic heterocycles. The molecule has 0 fully saturated rings. The summed E-state index contributed by atoms with van der Waals surface area (Å²) >= 11 is 5.92. The van der Waals surface area contributed by atoms with Gasteiger partial charge in [-0.3, -0.25) is 0 Å². The summed E-state index contributed by atoms with van der Waals surface area (Å²) < 4.78 is 0. The number of hydrogen-bond acceptors (Lipinski definition) is 1. The Morgan fingerprint density at radius 2 is 1.83 bits per heavy atom. The van der Waals surface area contributed by atoms with Crippen molar-refractivity contribution >= 4 is 17.7 Å². The summed E-state index contributed by atoms with van der Waals surface area (Å²) in [6.07, 6.45) is 4.24. The average molecular weight is 258 g/mol. The Morgan fingerprint density at radius 1 is 1.00 bits per heavy atom.